The lowest BCUT2D eigenvalue weighted by molar-refractivity contribution is -0.114. The fourth-order valence-corrected chi connectivity index (χ4v) is 3.17. The first-order chi connectivity index (χ1) is 13.1. The molecule has 3 rings (SSSR count). The fourth-order valence-electron chi connectivity index (χ4n) is 3.17. The maximum atomic E-state index is 12.1. The van der Waals surface area contributed by atoms with E-state index in [1.165, 1.54) is 26.2 Å². The summed E-state index contributed by atoms with van der Waals surface area (Å²) in [4.78, 5) is 27.6. The molecule has 1 fully saturated rings. The highest BCUT2D eigenvalue weighted by Crippen LogP contribution is 2.20. The third-order valence-electron chi connectivity index (χ3n) is 4.42. The van der Waals surface area contributed by atoms with Crippen molar-refractivity contribution in [1.82, 2.24) is 10.3 Å². The van der Waals surface area contributed by atoms with Crippen molar-refractivity contribution in [2.24, 2.45) is 0 Å². The molecule has 1 aromatic carbocycles. The molecule has 1 aliphatic rings. The van der Waals surface area contributed by atoms with Gasteiger partial charge in [-0.3, -0.25) is 4.79 Å². The highest BCUT2D eigenvalue weighted by molar-refractivity contribution is 5.90. The first-order valence-corrected chi connectivity index (χ1v) is 9.27. The molecule has 0 aliphatic heterocycles. The van der Waals surface area contributed by atoms with E-state index in [0.717, 1.165) is 18.5 Å². The molecule has 1 heterocycles. The number of benzene rings is 1. The zero-order valence-corrected chi connectivity index (χ0v) is 15.4. The van der Waals surface area contributed by atoms with Gasteiger partial charge >= 0.3 is 6.03 Å². The lowest BCUT2D eigenvalue weighted by Gasteiger charge is -2.22. The van der Waals surface area contributed by atoms with E-state index >= 15 is 0 Å². The van der Waals surface area contributed by atoms with Crippen molar-refractivity contribution in [3.63, 3.8) is 0 Å². The molecule has 7 nitrogen and oxygen atoms in total. The fraction of sp³-hybridized carbons (Fsp3) is 0.350. The molecule has 2 aromatic rings. The molecular formula is C20H25N5O2. The van der Waals surface area contributed by atoms with Gasteiger partial charge < -0.3 is 21.3 Å². The molecule has 142 valence electrons. The van der Waals surface area contributed by atoms with Gasteiger partial charge in [0.25, 0.3) is 0 Å². The Bertz CT molecular complexity index is 785. The summed E-state index contributed by atoms with van der Waals surface area (Å²) in [6.45, 7) is 1.47. The van der Waals surface area contributed by atoms with Crippen LogP contribution in [0.15, 0.2) is 42.6 Å². The largest absolute Gasteiger partial charge is 0.340 e. The average molecular weight is 367 g/mol. The van der Waals surface area contributed by atoms with Crippen LogP contribution in [0.3, 0.4) is 0 Å². The number of amides is 3. The number of aromatic nitrogens is 1. The van der Waals surface area contributed by atoms with Crippen LogP contribution in [-0.4, -0.2) is 23.0 Å². The van der Waals surface area contributed by atoms with Crippen LogP contribution in [0, 0.1) is 0 Å². The highest BCUT2D eigenvalue weighted by atomic mass is 16.2. The zero-order chi connectivity index (χ0) is 19.1. The minimum absolute atomic E-state index is 0.118. The predicted octanol–water partition coefficient (Wildman–Crippen LogP) is 4.24. The maximum Gasteiger partial charge on any atom is 0.319 e. The van der Waals surface area contributed by atoms with E-state index in [0.29, 0.717) is 17.2 Å². The third-order valence-corrected chi connectivity index (χ3v) is 4.42. The second-order valence-electron chi connectivity index (χ2n) is 6.75. The Balaban J connectivity index is 1.54. The van der Waals surface area contributed by atoms with Crippen LogP contribution in [-0.2, 0) is 4.79 Å². The van der Waals surface area contributed by atoms with Crippen molar-refractivity contribution in [3.8, 4) is 0 Å². The summed E-state index contributed by atoms with van der Waals surface area (Å²) in [7, 11) is 0. The number of anilines is 4. The summed E-state index contributed by atoms with van der Waals surface area (Å²) >= 11 is 0. The van der Waals surface area contributed by atoms with E-state index in [1.54, 1.807) is 18.3 Å². The van der Waals surface area contributed by atoms with Crippen LogP contribution in [0.25, 0.3) is 0 Å². The van der Waals surface area contributed by atoms with Gasteiger partial charge in [-0.2, -0.15) is 0 Å². The molecule has 1 aromatic heterocycles. The van der Waals surface area contributed by atoms with Crippen molar-refractivity contribution in [2.45, 2.75) is 45.1 Å². The molecule has 27 heavy (non-hydrogen) atoms. The van der Waals surface area contributed by atoms with Crippen molar-refractivity contribution in [3.05, 3.63) is 42.6 Å². The molecule has 3 amide bonds. The lowest BCUT2D eigenvalue weighted by atomic mass is 9.96. The number of rotatable bonds is 5. The van der Waals surface area contributed by atoms with Crippen LogP contribution < -0.4 is 21.3 Å². The highest BCUT2D eigenvalue weighted by Gasteiger charge is 2.15. The molecule has 0 radical (unpaired) electrons. The number of hydrogen-bond donors (Lipinski definition) is 4. The van der Waals surface area contributed by atoms with E-state index in [-0.39, 0.29) is 18.0 Å². The number of carbonyl (C=O) groups excluding carboxylic acids is 2. The quantitative estimate of drug-likeness (QED) is 0.636. The van der Waals surface area contributed by atoms with E-state index in [4.69, 9.17) is 0 Å². The van der Waals surface area contributed by atoms with E-state index < -0.39 is 0 Å². The number of nitrogens with one attached hydrogen (secondary N) is 4. The summed E-state index contributed by atoms with van der Waals surface area (Å²) in [5.74, 6) is 0.528. The molecule has 0 spiro atoms. The Labute approximate surface area is 159 Å². The second kappa shape index (κ2) is 9.02. The first kappa shape index (κ1) is 18.7. The van der Waals surface area contributed by atoms with Crippen molar-refractivity contribution in [2.75, 3.05) is 16.0 Å². The number of urea groups is 1. The average Bonchev–Trinajstić information content (AvgIpc) is 2.64. The minimum Gasteiger partial charge on any atom is -0.340 e. The topological polar surface area (TPSA) is 95.2 Å². The van der Waals surface area contributed by atoms with Crippen molar-refractivity contribution < 1.29 is 9.59 Å². The molecule has 7 heteroatoms. The SMILES string of the molecule is CC(=O)Nc1cccc(Nc2ccc(NC(=O)NC3CCCCC3)cn2)c1. The molecule has 0 unspecified atom stereocenters. The van der Waals surface area contributed by atoms with Gasteiger partial charge in [0, 0.05) is 24.3 Å². The standard InChI is InChI=1S/C20H25N5O2/c1-14(26)22-16-8-5-9-17(12-16)23-19-11-10-18(13-21-19)25-20(27)24-15-6-3-2-4-7-15/h5,8-13,15H,2-4,6-7H2,1H3,(H,21,23)(H,22,26)(H2,24,25,27). The van der Waals surface area contributed by atoms with Crippen LogP contribution in [0.1, 0.15) is 39.0 Å². The molecule has 0 saturated heterocycles. The molecule has 1 aliphatic carbocycles. The Hall–Kier alpha value is -3.09. The molecule has 0 atom stereocenters. The van der Waals surface area contributed by atoms with Gasteiger partial charge in [0.1, 0.15) is 5.82 Å². The molecule has 0 bridgehead atoms. The molecular weight excluding hydrogens is 342 g/mol. The van der Waals surface area contributed by atoms with Crippen molar-refractivity contribution in [1.29, 1.82) is 0 Å². The summed E-state index contributed by atoms with van der Waals surface area (Å²) < 4.78 is 0. The minimum atomic E-state index is -0.188. The van der Waals surface area contributed by atoms with Gasteiger partial charge in [-0.15, -0.1) is 0 Å². The van der Waals surface area contributed by atoms with Crippen molar-refractivity contribution >= 4 is 34.8 Å². The Kier molecular flexibility index (Phi) is 6.25. The number of nitrogens with zero attached hydrogens (tertiary/aromatic N) is 1. The van der Waals surface area contributed by atoms with Gasteiger partial charge in [0.2, 0.25) is 5.91 Å². The molecule has 4 N–H and O–H groups in total. The summed E-state index contributed by atoms with van der Waals surface area (Å²) in [5.41, 5.74) is 2.16. The van der Waals surface area contributed by atoms with E-state index in [1.807, 2.05) is 24.3 Å². The number of carbonyl (C=O) groups is 2. The van der Waals surface area contributed by atoms with Crippen LogP contribution in [0.5, 0.6) is 0 Å². The lowest BCUT2D eigenvalue weighted by Crippen LogP contribution is -2.39. The van der Waals surface area contributed by atoms with Gasteiger partial charge in [-0.1, -0.05) is 25.3 Å². The zero-order valence-electron chi connectivity index (χ0n) is 15.4. The predicted molar refractivity (Wildman–Crippen MR) is 107 cm³/mol. The Morgan fingerprint density at radius 1 is 0.963 bits per heavy atom. The van der Waals surface area contributed by atoms with Gasteiger partial charge in [-0.05, 0) is 43.2 Å². The number of pyridine rings is 1. The van der Waals surface area contributed by atoms with Crippen LogP contribution in [0.4, 0.5) is 27.7 Å². The van der Waals surface area contributed by atoms with Crippen LogP contribution in [0.2, 0.25) is 0 Å². The van der Waals surface area contributed by atoms with Crippen LogP contribution >= 0.6 is 0 Å². The third kappa shape index (κ3) is 5.99. The summed E-state index contributed by atoms with van der Waals surface area (Å²) in [5, 5.41) is 11.8. The first-order valence-electron chi connectivity index (χ1n) is 9.27. The summed E-state index contributed by atoms with van der Waals surface area (Å²) in [6, 6.07) is 11.0. The van der Waals surface area contributed by atoms with Gasteiger partial charge in [0.05, 0.1) is 11.9 Å². The maximum absolute atomic E-state index is 12.1. The van der Waals surface area contributed by atoms with Gasteiger partial charge in [-0.25, -0.2) is 9.78 Å². The Morgan fingerprint density at radius 2 is 1.74 bits per heavy atom. The van der Waals surface area contributed by atoms with E-state index in [2.05, 4.69) is 26.3 Å². The smallest absolute Gasteiger partial charge is 0.319 e. The monoisotopic (exact) mass is 367 g/mol. The Morgan fingerprint density at radius 3 is 2.44 bits per heavy atom. The van der Waals surface area contributed by atoms with E-state index in [9.17, 15) is 9.59 Å². The molecule has 1 saturated carbocycles. The second-order valence-corrected chi connectivity index (χ2v) is 6.75. The number of hydrogen-bond acceptors (Lipinski definition) is 4. The van der Waals surface area contributed by atoms with Gasteiger partial charge in [0.15, 0.2) is 0 Å². The summed E-state index contributed by atoms with van der Waals surface area (Å²) in [6.07, 6.45) is 7.32. The normalized spacial score (nSPS) is 14.3.